The van der Waals surface area contributed by atoms with Gasteiger partial charge in [0.05, 0.1) is 5.56 Å². The van der Waals surface area contributed by atoms with E-state index in [-0.39, 0.29) is 17.9 Å². The molecule has 0 atom stereocenters. The molecule has 0 aromatic heterocycles. The van der Waals surface area contributed by atoms with Crippen LogP contribution in [0.5, 0.6) is 0 Å². The first kappa shape index (κ1) is 15.0. The second-order valence-electron chi connectivity index (χ2n) is 4.97. The summed E-state index contributed by atoms with van der Waals surface area (Å²) < 4.78 is 27.1. The first-order valence-electron chi connectivity index (χ1n) is 6.47. The molecule has 0 bridgehead atoms. The maximum atomic E-state index is 13.6. The van der Waals surface area contributed by atoms with Gasteiger partial charge in [-0.1, -0.05) is 12.1 Å². The lowest BCUT2D eigenvalue weighted by molar-refractivity contribution is 0.0947. The average Bonchev–Trinajstić information content (AvgIpc) is 2.44. The van der Waals surface area contributed by atoms with Crippen LogP contribution in [0.15, 0.2) is 30.3 Å². The van der Waals surface area contributed by atoms with Crippen molar-refractivity contribution in [3.8, 4) is 0 Å². The van der Waals surface area contributed by atoms with Gasteiger partial charge < -0.3 is 11.1 Å². The van der Waals surface area contributed by atoms with Crippen LogP contribution in [-0.2, 0) is 6.54 Å². The Morgan fingerprint density at radius 2 is 1.76 bits per heavy atom. The molecule has 0 spiro atoms. The lowest BCUT2D eigenvalue weighted by atomic mass is 10.1. The van der Waals surface area contributed by atoms with Crippen molar-refractivity contribution >= 4 is 11.6 Å². The predicted octanol–water partition coefficient (Wildman–Crippen LogP) is 3.09. The molecule has 2 rings (SSSR count). The zero-order valence-corrected chi connectivity index (χ0v) is 11.8. The Morgan fingerprint density at radius 3 is 2.38 bits per heavy atom. The van der Waals surface area contributed by atoms with Gasteiger partial charge in [-0.05, 0) is 48.7 Å². The topological polar surface area (TPSA) is 55.1 Å². The molecule has 0 fully saturated rings. The summed E-state index contributed by atoms with van der Waals surface area (Å²) in [5, 5.41) is 2.60. The number of carbonyl (C=O) groups excluding carboxylic acids is 1. The molecule has 0 unspecified atom stereocenters. The second kappa shape index (κ2) is 5.91. The lowest BCUT2D eigenvalue weighted by Crippen LogP contribution is -2.24. The summed E-state index contributed by atoms with van der Waals surface area (Å²) in [6.07, 6.45) is 0. The highest BCUT2D eigenvalue weighted by atomic mass is 19.1. The number of anilines is 1. The van der Waals surface area contributed by atoms with E-state index in [4.69, 9.17) is 5.73 Å². The maximum Gasteiger partial charge on any atom is 0.254 e. The van der Waals surface area contributed by atoms with Crippen molar-refractivity contribution in [3.05, 3.63) is 64.2 Å². The molecule has 0 saturated heterocycles. The molecule has 5 heteroatoms. The SMILES string of the molecule is Cc1cc(CNC(=O)c2cc(N)ccc2F)cc(C)c1F. The lowest BCUT2D eigenvalue weighted by Gasteiger charge is -2.09. The van der Waals surface area contributed by atoms with Crippen LogP contribution >= 0.6 is 0 Å². The standard InChI is InChI=1S/C16H16F2N2O/c1-9-5-11(6-10(2)15(9)18)8-20-16(21)13-7-12(19)3-4-14(13)17/h3-7H,8,19H2,1-2H3,(H,20,21). The smallest absolute Gasteiger partial charge is 0.254 e. The number of amides is 1. The van der Waals surface area contributed by atoms with Crippen LogP contribution in [0.4, 0.5) is 14.5 Å². The Morgan fingerprint density at radius 1 is 1.14 bits per heavy atom. The number of aryl methyl sites for hydroxylation is 2. The first-order chi connectivity index (χ1) is 9.88. The van der Waals surface area contributed by atoms with Crippen LogP contribution in [0.25, 0.3) is 0 Å². The molecular formula is C16H16F2N2O. The molecule has 0 saturated carbocycles. The van der Waals surface area contributed by atoms with Gasteiger partial charge >= 0.3 is 0 Å². The quantitative estimate of drug-likeness (QED) is 0.853. The van der Waals surface area contributed by atoms with E-state index in [1.165, 1.54) is 12.1 Å². The van der Waals surface area contributed by atoms with Crippen LogP contribution < -0.4 is 11.1 Å². The van der Waals surface area contributed by atoms with Crippen LogP contribution in [0, 0.1) is 25.5 Å². The zero-order valence-electron chi connectivity index (χ0n) is 11.8. The molecule has 0 aliphatic heterocycles. The van der Waals surface area contributed by atoms with Crippen molar-refractivity contribution in [2.45, 2.75) is 20.4 Å². The highest BCUT2D eigenvalue weighted by Crippen LogP contribution is 2.15. The monoisotopic (exact) mass is 290 g/mol. The normalized spacial score (nSPS) is 10.5. The number of carbonyl (C=O) groups is 1. The fourth-order valence-electron chi connectivity index (χ4n) is 2.13. The van der Waals surface area contributed by atoms with Crippen molar-refractivity contribution in [2.75, 3.05) is 5.73 Å². The number of halogens is 2. The Bertz CT molecular complexity index is 676. The molecule has 2 aromatic rings. The van der Waals surface area contributed by atoms with Gasteiger partial charge in [0.25, 0.3) is 5.91 Å². The summed E-state index contributed by atoms with van der Waals surface area (Å²) >= 11 is 0. The fourth-order valence-corrected chi connectivity index (χ4v) is 2.13. The van der Waals surface area contributed by atoms with E-state index in [1.54, 1.807) is 26.0 Å². The van der Waals surface area contributed by atoms with E-state index >= 15 is 0 Å². The molecule has 2 aromatic carbocycles. The number of rotatable bonds is 3. The van der Waals surface area contributed by atoms with Gasteiger partial charge in [0, 0.05) is 12.2 Å². The van der Waals surface area contributed by atoms with E-state index in [1.807, 2.05) is 0 Å². The molecule has 3 nitrogen and oxygen atoms in total. The third-order valence-electron chi connectivity index (χ3n) is 3.18. The van der Waals surface area contributed by atoms with Gasteiger partial charge in [-0.25, -0.2) is 8.78 Å². The molecule has 0 radical (unpaired) electrons. The van der Waals surface area contributed by atoms with Crippen molar-refractivity contribution in [1.82, 2.24) is 5.32 Å². The fraction of sp³-hybridized carbons (Fsp3) is 0.188. The minimum atomic E-state index is -0.631. The summed E-state index contributed by atoms with van der Waals surface area (Å²) in [5.74, 6) is -1.44. The number of benzene rings is 2. The van der Waals surface area contributed by atoms with Gasteiger partial charge in [-0.2, -0.15) is 0 Å². The van der Waals surface area contributed by atoms with Gasteiger partial charge in [0.15, 0.2) is 0 Å². The third kappa shape index (κ3) is 3.37. The summed E-state index contributed by atoms with van der Waals surface area (Å²) in [6, 6.07) is 7.12. The van der Waals surface area contributed by atoms with Crippen LogP contribution in [0.3, 0.4) is 0 Å². The van der Waals surface area contributed by atoms with Gasteiger partial charge in [-0.3, -0.25) is 4.79 Å². The van der Waals surface area contributed by atoms with Crippen molar-refractivity contribution < 1.29 is 13.6 Å². The minimum Gasteiger partial charge on any atom is -0.399 e. The number of nitrogen functional groups attached to an aromatic ring is 1. The number of nitrogens with two attached hydrogens (primary N) is 1. The number of hydrogen-bond acceptors (Lipinski definition) is 2. The molecule has 3 N–H and O–H groups in total. The molecule has 0 heterocycles. The molecule has 110 valence electrons. The Labute approximate surface area is 121 Å². The van der Waals surface area contributed by atoms with E-state index in [2.05, 4.69) is 5.32 Å². The molecular weight excluding hydrogens is 274 g/mol. The Balaban J connectivity index is 2.13. The van der Waals surface area contributed by atoms with Crippen LogP contribution in [-0.4, -0.2) is 5.91 Å². The summed E-state index contributed by atoms with van der Waals surface area (Å²) in [6.45, 7) is 3.51. The van der Waals surface area contributed by atoms with E-state index < -0.39 is 11.7 Å². The van der Waals surface area contributed by atoms with E-state index in [9.17, 15) is 13.6 Å². The molecule has 1 amide bonds. The highest BCUT2D eigenvalue weighted by Gasteiger charge is 2.12. The van der Waals surface area contributed by atoms with Gasteiger partial charge in [0.1, 0.15) is 11.6 Å². The number of nitrogens with one attached hydrogen (secondary N) is 1. The second-order valence-corrected chi connectivity index (χ2v) is 4.97. The van der Waals surface area contributed by atoms with E-state index in [0.717, 1.165) is 11.6 Å². The zero-order chi connectivity index (χ0) is 15.6. The molecule has 21 heavy (non-hydrogen) atoms. The summed E-state index contributed by atoms with van der Waals surface area (Å²) in [4.78, 5) is 11.9. The third-order valence-corrected chi connectivity index (χ3v) is 3.18. The summed E-state index contributed by atoms with van der Waals surface area (Å²) in [7, 11) is 0. The first-order valence-corrected chi connectivity index (χ1v) is 6.47. The average molecular weight is 290 g/mol. The van der Waals surface area contributed by atoms with Gasteiger partial charge in [0.2, 0.25) is 0 Å². The Kier molecular flexibility index (Phi) is 4.21. The maximum absolute atomic E-state index is 13.6. The minimum absolute atomic E-state index is 0.106. The molecule has 0 aliphatic carbocycles. The van der Waals surface area contributed by atoms with Gasteiger partial charge in [-0.15, -0.1) is 0 Å². The van der Waals surface area contributed by atoms with Crippen LogP contribution in [0.1, 0.15) is 27.0 Å². The number of hydrogen-bond donors (Lipinski definition) is 2. The van der Waals surface area contributed by atoms with Crippen LogP contribution in [0.2, 0.25) is 0 Å². The van der Waals surface area contributed by atoms with Crippen molar-refractivity contribution in [3.63, 3.8) is 0 Å². The van der Waals surface area contributed by atoms with Crippen molar-refractivity contribution in [2.24, 2.45) is 0 Å². The highest BCUT2D eigenvalue weighted by molar-refractivity contribution is 5.95. The predicted molar refractivity (Wildman–Crippen MR) is 77.9 cm³/mol. The summed E-state index contributed by atoms with van der Waals surface area (Å²) in [5.41, 5.74) is 7.52. The largest absolute Gasteiger partial charge is 0.399 e. The van der Waals surface area contributed by atoms with E-state index in [0.29, 0.717) is 16.8 Å². The van der Waals surface area contributed by atoms with Crippen molar-refractivity contribution in [1.29, 1.82) is 0 Å². The Hall–Kier alpha value is -2.43. The molecule has 0 aliphatic rings.